The third-order valence-electron chi connectivity index (χ3n) is 4.61. The van der Waals surface area contributed by atoms with Gasteiger partial charge in [0.1, 0.15) is 6.29 Å². The molecule has 0 radical (unpaired) electrons. The summed E-state index contributed by atoms with van der Waals surface area (Å²) in [5.41, 5.74) is 2.65. The molecule has 1 heterocycles. The standard InChI is InChI=1S/C16H21NO/c18-11-14-5-7-15(8-6-14)17-12-16(13-17)9-3-1-2-4-10-16/h5-8,11H,1-4,9-10,12-13H2. The van der Waals surface area contributed by atoms with Gasteiger partial charge in [-0.2, -0.15) is 0 Å². The second-order valence-corrected chi connectivity index (χ2v) is 5.98. The molecule has 1 aliphatic carbocycles. The first kappa shape index (κ1) is 11.8. The molecule has 1 aromatic rings. The smallest absolute Gasteiger partial charge is 0.150 e. The summed E-state index contributed by atoms with van der Waals surface area (Å²) in [6.45, 7) is 2.43. The highest BCUT2D eigenvalue weighted by atomic mass is 16.1. The highest BCUT2D eigenvalue weighted by Gasteiger charge is 2.42. The Morgan fingerprint density at radius 2 is 1.56 bits per heavy atom. The Morgan fingerprint density at radius 3 is 2.11 bits per heavy atom. The van der Waals surface area contributed by atoms with E-state index < -0.39 is 0 Å². The summed E-state index contributed by atoms with van der Waals surface area (Å²) in [6.07, 6.45) is 9.42. The molecule has 1 saturated carbocycles. The van der Waals surface area contributed by atoms with E-state index in [9.17, 15) is 4.79 Å². The van der Waals surface area contributed by atoms with E-state index in [0.717, 1.165) is 11.8 Å². The number of carbonyl (C=O) groups excluding carboxylic acids is 1. The average Bonchev–Trinajstić information content (AvgIpc) is 2.63. The van der Waals surface area contributed by atoms with Crippen molar-refractivity contribution in [1.82, 2.24) is 0 Å². The molecule has 0 atom stereocenters. The monoisotopic (exact) mass is 243 g/mol. The van der Waals surface area contributed by atoms with Crippen LogP contribution in [0.15, 0.2) is 24.3 Å². The maximum absolute atomic E-state index is 10.6. The zero-order chi connectivity index (χ0) is 12.4. The quantitative estimate of drug-likeness (QED) is 0.739. The summed E-state index contributed by atoms with van der Waals surface area (Å²) in [5, 5.41) is 0. The molecule has 2 aliphatic rings. The van der Waals surface area contributed by atoms with Crippen molar-refractivity contribution in [3.8, 4) is 0 Å². The average molecular weight is 243 g/mol. The van der Waals surface area contributed by atoms with Gasteiger partial charge in [0.2, 0.25) is 0 Å². The van der Waals surface area contributed by atoms with Gasteiger partial charge in [-0.25, -0.2) is 0 Å². The van der Waals surface area contributed by atoms with Crippen LogP contribution in [0.4, 0.5) is 5.69 Å². The first-order valence-electron chi connectivity index (χ1n) is 7.12. The summed E-state index contributed by atoms with van der Waals surface area (Å²) in [4.78, 5) is 13.1. The Balaban J connectivity index is 1.64. The Kier molecular flexibility index (Phi) is 3.11. The molecule has 1 saturated heterocycles. The molecule has 0 aromatic heterocycles. The summed E-state index contributed by atoms with van der Waals surface area (Å²) < 4.78 is 0. The molecular formula is C16H21NO. The number of nitrogens with zero attached hydrogens (tertiary/aromatic N) is 1. The molecule has 18 heavy (non-hydrogen) atoms. The SMILES string of the molecule is O=Cc1ccc(N2CC3(CCCCCC3)C2)cc1. The number of benzene rings is 1. The second kappa shape index (κ2) is 4.75. The van der Waals surface area contributed by atoms with Crippen LogP contribution in [0.2, 0.25) is 0 Å². The molecule has 2 heteroatoms. The summed E-state index contributed by atoms with van der Waals surface area (Å²) in [5.74, 6) is 0. The van der Waals surface area contributed by atoms with Crippen LogP contribution in [0.3, 0.4) is 0 Å². The Hall–Kier alpha value is -1.31. The van der Waals surface area contributed by atoms with Gasteiger partial charge in [-0.1, -0.05) is 25.7 Å². The second-order valence-electron chi connectivity index (χ2n) is 5.98. The number of hydrogen-bond donors (Lipinski definition) is 0. The first-order valence-corrected chi connectivity index (χ1v) is 7.12. The van der Waals surface area contributed by atoms with Crippen molar-refractivity contribution < 1.29 is 4.79 Å². The van der Waals surface area contributed by atoms with Gasteiger partial charge in [-0.3, -0.25) is 4.79 Å². The lowest BCUT2D eigenvalue weighted by Crippen LogP contribution is -2.56. The van der Waals surface area contributed by atoms with Crippen molar-refractivity contribution in [2.24, 2.45) is 5.41 Å². The van der Waals surface area contributed by atoms with Gasteiger partial charge in [0.15, 0.2) is 0 Å². The van der Waals surface area contributed by atoms with E-state index in [-0.39, 0.29) is 0 Å². The summed E-state index contributed by atoms with van der Waals surface area (Å²) >= 11 is 0. The number of aldehydes is 1. The predicted octanol–water partition coefficient (Wildman–Crippen LogP) is 3.66. The molecule has 2 fully saturated rings. The minimum atomic E-state index is 0.611. The molecular weight excluding hydrogens is 222 g/mol. The van der Waals surface area contributed by atoms with Crippen molar-refractivity contribution >= 4 is 12.0 Å². The highest BCUT2D eigenvalue weighted by Crippen LogP contribution is 2.44. The molecule has 0 amide bonds. The normalized spacial score (nSPS) is 22.3. The van der Waals surface area contributed by atoms with Gasteiger partial charge in [0.05, 0.1) is 0 Å². The number of rotatable bonds is 2. The number of anilines is 1. The first-order chi connectivity index (χ1) is 8.81. The maximum atomic E-state index is 10.6. The van der Waals surface area contributed by atoms with E-state index >= 15 is 0 Å². The number of hydrogen-bond acceptors (Lipinski definition) is 2. The van der Waals surface area contributed by atoms with E-state index in [0.29, 0.717) is 5.41 Å². The van der Waals surface area contributed by atoms with Gasteiger partial charge < -0.3 is 4.90 Å². The molecule has 2 nitrogen and oxygen atoms in total. The molecule has 0 bridgehead atoms. The third-order valence-corrected chi connectivity index (χ3v) is 4.61. The molecule has 0 N–H and O–H groups in total. The van der Waals surface area contributed by atoms with Crippen LogP contribution in [0, 0.1) is 5.41 Å². The lowest BCUT2D eigenvalue weighted by molar-refractivity contribution is 0.112. The molecule has 96 valence electrons. The summed E-state index contributed by atoms with van der Waals surface area (Å²) in [7, 11) is 0. The summed E-state index contributed by atoms with van der Waals surface area (Å²) in [6, 6.07) is 7.99. The van der Waals surface area contributed by atoms with Gasteiger partial charge in [0, 0.05) is 29.8 Å². The fourth-order valence-electron chi connectivity index (χ4n) is 3.50. The van der Waals surface area contributed by atoms with Gasteiger partial charge in [-0.15, -0.1) is 0 Å². The van der Waals surface area contributed by atoms with Crippen LogP contribution in [0.1, 0.15) is 48.9 Å². The van der Waals surface area contributed by atoms with E-state index in [2.05, 4.69) is 17.0 Å². The van der Waals surface area contributed by atoms with Crippen LogP contribution in [0.5, 0.6) is 0 Å². The third kappa shape index (κ3) is 2.16. The fraction of sp³-hybridized carbons (Fsp3) is 0.562. The van der Waals surface area contributed by atoms with E-state index in [1.54, 1.807) is 0 Å². The zero-order valence-electron chi connectivity index (χ0n) is 10.9. The van der Waals surface area contributed by atoms with Crippen molar-refractivity contribution in [2.45, 2.75) is 38.5 Å². The molecule has 1 aromatic carbocycles. The van der Waals surface area contributed by atoms with E-state index in [4.69, 9.17) is 0 Å². The Labute approximate surface area is 109 Å². The predicted molar refractivity (Wildman–Crippen MR) is 74.2 cm³/mol. The van der Waals surface area contributed by atoms with Crippen LogP contribution in [-0.2, 0) is 0 Å². The largest absolute Gasteiger partial charge is 0.370 e. The lowest BCUT2D eigenvalue weighted by Gasteiger charge is -2.51. The van der Waals surface area contributed by atoms with Crippen LogP contribution < -0.4 is 4.90 Å². The number of carbonyl (C=O) groups is 1. The molecule has 1 spiro atoms. The highest BCUT2D eigenvalue weighted by molar-refractivity contribution is 5.75. The van der Waals surface area contributed by atoms with Crippen LogP contribution in [-0.4, -0.2) is 19.4 Å². The topological polar surface area (TPSA) is 20.3 Å². The Morgan fingerprint density at radius 1 is 0.944 bits per heavy atom. The van der Waals surface area contributed by atoms with E-state index in [1.165, 1.54) is 57.3 Å². The van der Waals surface area contributed by atoms with E-state index in [1.807, 2.05) is 12.1 Å². The fourth-order valence-corrected chi connectivity index (χ4v) is 3.50. The van der Waals surface area contributed by atoms with Gasteiger partial charge in [-0.05, 0) is 37.1 Å². The maximum Gasteiger partial charge on any atom is 0.150 e. The zero-order valence-corrected chi connectivity index (χ0v) is 10.9. The molecule has 3 rings (SSSR count). The van der Waals surface area contributed by atoms with Crippen molar-refractivity contribution in [2.75, 3.05) is 18.0 Å². The van der Waals surface area contributed by atoms with Gasteiger partial charge >= 0.3 is 0 Å². The van der Waals surface area contributed by atoms with Gasteiger partial charge in [0.25, 0.3) is 0 Å². The molecule has 0 unspecified atom stereocenters. The van der Waals surface area contributed by atoms with Crippen LogP contribution in [0.25, 0.3) is 0 Å². The minimum Gasteiger partial charge on any atom is -0.370 e. The minimum absolute atomic E-state index is 0.611. The molecule has 1 aliphatic heterocycles. The Bertz CT molecular complexity index is 407. The van der Waals surface area contributed by atoms with Crippen molar-refractivity contribution in [1.29, 1.82) is 0 Å². The van der Waals surface area contributed by atoms with Crippen molar-refractivity contribution in [3.05, 3.63) is 29.8 Å². The van der Waals surface area contributed by atoms with Crippen LogP contribution >= 0.6 is 0 Å². The lowest BCUT2D eigenvalue weighted by atomic mass is 9.73. The van der Waals surface area contributed by atoms with Crippen molar-refractivity contribution in [3.63, 3.8) is 0 Å².